The smallest absolute Gasteiger partial charge is 0.0830 e. The third-order valence-electron chi connectivity index (χ3n) is 0.965. The first kappa shape index (κ1) is 7.66. The van der Waals surface area contributed by atoms with Crippen LogP contribution in [0.5, 0.6) is 0 Å². The summed E-state index contributed by atoms with van der Waals surface area (Å²) in [5.41, 5.74) is 0. The monoisotopic (exact) mass is 116 g/mol. The van der Waals surface area contributed by atoms with Crippen molar-refractivity contribution in [3.63, 3.8) is 0 Å². The molecular formula is C6H12O2. The van der Waals surface area contributed by atoms with Gasteiger partial charge in [0.25, 0.3) is 0 Å². The van der Waals surface area contributed by atoms with Gasteiger partial charge in [0.2, 0.25) is 0 Å². The van der Waals surface area contributed by atoms with E-state index in [2.05, 4.69) is 6.58 Å². The van der Waals surface area contributed by atoms with Crippen LogP contribution in [0.2, 0.25) is 0 Å². The minimum atomic E-state index is -0.646. The quantitative estimate of drug-likeness (QED) is 0.521. The van der Waals surface area contributed by atoms with Gasteiger partial charge >= 0.3 is 0 Å². The highest BCUT2D eigenvalue weighted by molar-refractivity contribution is 4.74. The normalized spacial score (nSPS) is 17.4. The van der Waals surface area contributed by atoms with Crippen molar-refractivity contribution in [3.8, 4) is 0 Å². The van der Waals surface area contributed by atoms with Crippen molar-refractivity contribution in [2.75, 3.05) is 0 Å². The van der Waals surface area contributed by atoms with Crippen molar-refractivity contribution in [1.82, 2.24) is 0 Å². The molecule has 0 saturated heterocycles. The van der Waals surface area contributed by atoms with Crippen molar-refractivity contribution in [2.24, 2.45) is 0 Å². The Hall–Kier alpha value is -0.340. The lowest BCUT2D eigenvalue weighted by molar-refractivity contribution is 0.0337. The largest absolute Gasteiger partial charge is 0.391 e. The Balaban J connectivity index is 3.30. The molecule has 2 heteroatoms. The van der Waals surface area contributed by atoms with Crippen molar-refractivity contribution in [1.29, 1.82) is 0 Å². The molecule has 0 radical (unpaired) electrons. The summed E-state index contributed by atoms with van der Waals surface area (Å²) in [7, 11) is 0. The Morgan fingerprint density at radius 3 is 2.25 bits per heavy atom. The molecule has 2 nitrogen and oxygen atoms in total. The molecule has 0 amide bonds. The third kappa shape index (κ3) is 2.77. The second-order valence-electron chi connectivity index (χ2n) is 1.83. The molecule has 0 fully saturated rings. The fraction of sp³-hybridized carbons (Fsp3) is 0.667. The average molecular weight is 116 g/mol. The maximum absolute atomic E-state index is 8.81. The van der Waals surface area contributed by atoms with Gasteiger partial charge < -0.3 is 10.2 Å². The number of rotatable bonds is 3. The van der Waals surface area contributed by atoms with E-state index in [0.29, 0.717) is 6.42 Å². The molecule has 0 aliphatic heterocycles. The molecule has 0 spiro atoms. The van der Waals surface area contributed by atoms with E-state index in [1.165, 1.54) is 0 Å². The molecule has 48 valence electrons. The summed E-state index contributed by atoms with van der Waals surface area (Å²) >= 11 is 0. The molecule has 0 aromatic rings. The van der Waals surface area contributed by atoms with E-state index in [9.17, 15) is 0 Å². The van der Waals surface area contributed by atoms with E-state index in [-0.39, 0.29) is 0 Å². The second-order valence-corrected chi connectivity index (χ2v) is 1.83. The minimum Gasteiger partial charge on any atom is -0.391 e. The predicted molar refractivity (Wildman–Crippen MR) is 32.5 cm³/mol. The Bertz CT molecular complexity index is 68.9. The number of aliphatic hydroxyl groups is 2. The molecule has 0 rings (SSSR count). The first-order chi connectivity index (χ1) is 3.68. The van der Waals surface area contributed by atoms with Gasteiger partial charge in [0.15, 0.2) is 0 Å². The van der Waals surface area contributed by atoms with Gasteiger partial charge in [-0.05, 0) is 13.3 Å². The van der Waals surface area contributed by atoms with Gasteiger partial charge in [-0.3, -0.25) is 0 Å². The maximum Gasteiger partial charge on any atom is 0.0830 e. The molecular weight excluding hydrogens is 104 g/mol. The summed E-state index contributed by atoms with van der Waals surface area (Å²) in [6.45, 7) is 4.96. The van der Waals surface area contributed by atoms with Crippen LogP contribution in [0.3, 0.4) is 0 Å². The molecule has 8 heavy (non-hydrogen) atoms. The van der Waals surface area contributed by atoms with Gasteiger partial charge in [-0.15, -0.1) is 6.58 Å². The van der Waals surface area contributed by atoms with Gasteiger partial charge in [-0.2, -0.15) is 0 Å². The van der Waals surface area contributed by atoms with Gasteiger partial charge in [0.05, 0.1) is 12.2 Å². The van der Waals surface area contributed by atoms with E-state index < -0.39 is 12.2 Å². The summed E-state index contributed by atoms with van der Waals surface area (Å²) in [6.07, 6.45) is 0.746. The van der Waals surface area contributed by atoms with Crippen LogP contribution in [0.25, 0.3) is 0 Å². The lowest BCUT2D eigenvalue weighted by atomic mass is 10.2. The third-order valence-corrected chi connectivity index (χ3v) is 0.965. The molecule has 0 heterocycles. The molecule has 0 aliphatic carbocycles. The molecule has 2 atom stereocenters. The van der Waals surface area contributed by atoms with E-state index in [0.717, 1.165) is 0 Å². The molecule has 0 aromatic carbocycles. The fourth-order valence-electron chi connectivity index (χ4n) is 0.368. The molecule has 2 N–H and O–H groups in total. The zero-order valence-electron chi connectivity index (χ0n) is 5.04. The molecule has 0 aliphatic rings. The standard InChI is InChI=1S/C6H12O2/c1-3-4-6(8)5(2)7/h3,5-8H,1,4H2,2H3/t5-,6-/m1/s1. The van der Waals surface area contributed by atoms with Crippen LogP contribution in [0.1, 0.15) is 13.3 Å². The van der Waals surface area contributed by atoms with Crippen LogP contribution in [-0.2, 0) is 0 Å². The summed E-state index contributed by atoms with van der Waals surface area (Å²) in [5, 5.41) is 17.5. The van der Waals surface area contributed by atoms with Crippen molar-refractivity contribution in [2.45, 2.75) is 25.6 Å². The Kier molecular flexibility index (Phi) is 3.48. The summed E-state index contributed by atoms with van der Waals surface area (Å²) in [5.74, 6) is 0. The fourth-order valence-corrected chi connectivity index (χ4v) is 0.368. The lowest BCUT2D eigenvalue weighted by Gasteiger charge is -2.09. The Morgan fingerprint density at radius 2 is 2.12 bits per heavy atom. The summed E-state index contributed by atoms with van der Waals surface area (Å²) in [6, 6.07) is 0. The van der Waals surface area contributed by atoms with Crippen LogP contribution < -0.4 is 0 Å². The second kappa shape index (κ2) is 3.64. The first-order valence-electron chi connectivity index (χ1n) is 2.65. The molecule has 0 unspecified atom stereocenters. The van der Waals surface area contributed by atoms with Crippen LogP contribution in [0.15, 0.2) is 12.7 Å². The summed E-state index contributed by atoms with van der Waals surface area (Å²) < 4.78 is 0. The topological polar surface area (TPSA) is 40.5 Å². The van der Waals surface area contributed by atoms with Crippen molar-refractivity contribution >= 4 is 0 Å². The SMILES string of the molecule is C=CC[C@@H](O)[C@@H](C)O. The first-order valence-corrected chi connectivity index (χ1v) is 2.65. The van der Waals surface area contributed by atoms with E-state index in [1.54, 1.807) is 13.0 Å². The highest BCUT2D eigenvalue weighted by Crippen LogP contribution is 1.96. The maximum atomic E-state index is 8.81. The molecule has 0 aromatic heterocycles. The van der Waals surface area contributed by atoms with Crippen molar-refractivity contribution in [3.05, 3.63) is 12.7 Å². The number of hydrogen-bond donors (Lipinski definition) is 2. The average Bonchev–Trinajstić information content (AvgIpc) is 1.67. The van der Waals surface area contributed by atoms with Crippen LogP contribution in [0.4, 0.5) is 0 Å². The Morgan fingerprint density at radius 1 is 1.62 bits per heavy atom. The van der Waals surface area contributed by atoms with E-state index in [1.807, 2.05) is 0 Å². The lowest BCUT2D eigenvalue weighted by Crippen LogP contribution is -2.21. The van der Waals surface area contributed by atoms with Gasteiger partial charge in [-0.1, -0.05) is 6.08 Å². The Labute approximate surface area is 49.5 Å². The van der Waals surface area contributed by atoms with E-state index in [4.69, 9.17) is 10.2 Å². The summed E-state index contributed by atoms with van der Waals surface area (Å²) in [4.78, 5) is 0. The molecule has 0 bridgehead atoms. The van der Waals surface area contributed by atoms with Crippen LogP contribution in [0, 0.1) is 0 Å². The zero-order chi connectivity index (χ0) is 6.57. The predicted octanol–water partition coefficient (Wildman–Crippen LogP) is 0.304. The number of hydrogen-bond acceptors (Lipinski definition) is 2. The van der Waals surface area contributed by atoms with Crippen molar-refractivity contribution < 1.29 is 10.2 Å². The highest BCUT2D eigenvalue weighted by Gasteiger charge is 2.06. The van der Waals surface area contributed by atoms with Gasteiger partial charge in [-0.25, -0.2) is 0 Å². The zero-order valence-corrected chi connectivity index (χ0v) is 5.04. The minimum absolute atomic E-state index is 0.456. The number of aliphatic hydroxyl groups excluding tert-OH is 2. The highest BCUT2D eigenvalue weighted by atomic mass is 16.3. The van der Waals surface area contributed by atoms with Crippen LogP contribution >= 0.6 is 0 Å². The van der Waals surface area contributed by atoms with Gasteiger partial charge in [0.1, 0.15) is 0 Å². The van der Waals surface area contributed by atoms with Gasteiger partial charge in [0, 0.05) is 0 Å². The van der Waals surface area contributed by atoms with E-state index >= 15 is 0 Å². The van der Waals surface area contributed by atoms with Crippen LogP contribution in [-0.4, -0.2) is 22.4 Å². The molecule has 0 saturated carbocycles.